The Kier molecular flexibility index (Phi) is 3.65. The summed E-state index contributed by atoms with van der Waals surface area (Å²) >= 11 is 0. The molecule has 0 aromatic heterocycles. The molecule has 1 aliphatic heterocycles. The molecule has 0 spiro atoms. The zero-order chi connectivity index (χ0) is 11.5. The second-order valence-corrected chi connectivity index (χ2v) is 3.38. The SMILES string of the molecule is CCOC1(OC)C[C@@H](C(=O)O)N(C=O)C1. The van der Waals surface area contributed by atoms with Crippen LogP contribution in [0.5, 0.6) is 0 Å². The molecule has 15 heavy (non-hydrogen) atoms. The minimum atomic E-state index is -1.04. The monoisotopic (exact) mass is 217 g/mol. The third-order valence-electron chi connectivity index (χ3n) is 2.53. The van der Waals surface area contributed by atoms with Crippen LogP contribution in [0, 0.1) is 0 Å². The predicted octanol–water partition coefficient (Wildman–Crippen LogP) is -0.319. The second kappa shape index (κ2) is 4.59. The van der Waals surface area contributed by atoms with Gasteiger partial charge >= 0.3 is 5.97 Å². The lowest BCUT2D eigenvalue weighted by Gasteiger charge is -2.26. The van der Waals surface area contributed by atoms with Crippen LogP contribution >= 0.6 is 0 Å². The minimum absolute atomic E-state index is 0.151. The molecule has 1 amide bonds. The average molecular weight is 217 g/mol. The molecule has 0 aromatic carbocycles. The topological polar surface area (TPSA) is 76.1 Å². The van der Waals surface area contributed by atoms with E-state index in [4.69, 9.17) is 14.6 Å². The quantitative estimate of drug-likeness (QED) is 0.504. The molecule has 1 fully saturated rings. The van der Waals surface area contributed by atoms with Crippen molar-refractivity contribution in [1.82, 2.24) is 4.90 Å². The van der Waals surface area contributed by atoms with Crippen molar-refractivity contribution in [2.45, 2.75) is 25.2 Å². The molecule has 1 unspecified atom stereocenters. The van der Waals surface area contributed by atoms with Gasteiger partial charge in [0.15, 0.2) is 5.79 Å². The van der Waals surface area contributed by atoms with Crippen molar-refractivity contribution in [2.24, 2.45) is 0 Å². The van der Waals surface area contributed by atoms with E-state index >= 15 is 0 Å². The van der Waals surface area contributed by atoms with E-state index in [9.17, 15) is 9.59 Å². The van der Waals surface area contributed by atoms with Gasteiger partial charge in [-0.05, 0) is 6.92 Å². The molecule has 1 aliphatic rings. The molecule has 2 atom stereocenters. The van der Waals surface area contributed by atoms with Gasteiger partial charge in [-0.1, -0.05) is 0 Å². The minimum Gasteiger partial charge on any atom is -0.480 e. The molecule has 0 aromatic rings. The van der Waals surface area contributed by atoms with E-state index in [1.54, 1.807) is 6.92 Å². The van der Waals surface area contributed by atoms with Gasteiger partial charge in [0.1, 0.15) is 6.04 Å². The summed E-state index contributed by atoms with van der Waals surface area (Å²) in [6.45, 7) is 2.35. The van der Waals surface area contributed by atoms with Gasteiger partial charge in [-0.15, -0.1) is 0 Å². The molecule has 1 saturated heterocycles. The molecule has 6 heteroatoms. The third-order valence-corrected chi connectivity index (χ3v) is 2.53. The molecule has 0 radical (unpaired) electrons. The van der Waals surface area contributed by atoms with Crippen LogP contribution in [0.3, 0.4) is 0 Å². The summed E-state index contributed by atoms with van der Waals surface area (Å²) in [7, 11) is 1.45. The van der Waals surface area contributed by atoms with Gasteiger partial charge in [0, 0.05) is 20.1 Å². The molecular formula is C9H15NO5. The van der Waals surface area contributed by atoms with E-state index < -0.39 is 17.8 Å². The Morgan fingerprint density at radius 2 is 2.40 bits per heavy atom. The van der Waals surface area contributed by atoms with Gasteiger partial charge in [-0.2, -0.15) is 0 Å². The van der Waals surface area contributed by atoms with Crippen LogP contribution < -0.4 is 0 Å². The van der Waals surface area contributed by atoms with Gasteiger partial charge in [-0.25, -0.2) is 4.79 Å². The highest BCUT2D eigenvalue weighted by molar-refractivity contribution is 5.77. The molecule has 86 valence electrons. The normalized spacial score (nSPS) is 30.5. The lowest BCUT2D eigenvalue weighted by Crippen LogP contribution is -2.38. The van der Waals surface area contributed by atoms with Crippen molar-refractivity contribution in [3.8, 4) is 0 Å². The fourth-order valence-corrected chi connectivity index (χ4v) is 1.78. The van der Waals surface area contributed by atoms with E-state index in [1.165, 1.54) is 12.0 Å². The Labute approximate surface area is 87.8 Å². The molecule has 1 heterocycles. The number of nitrogens with zero attached hydrogens (tertiary/aromatic N) is 1. The first-order valence-electron chi connectivity index (χ1n) is 4.71. The maximum Gasteiger partial charge on any atom is 0.326 e. The maximum absolute atomic E-state index is 10.9. The van der Waals surface area contributed by atoms with E-state index in [0.29, 0.717) is 13.0 Å². The van der Waals surface area contributed by atoms with Crippen LogP contribution in [0.4, 0.5) is 0 Å². The van der Waals surface area contributed by atoms with E-state index in [2.05, 4.69) is 0 Å². The van der Waals surface area contributed by atoms with Gasteiger partial charge in [0.2, 0.25) is 6.41 Å². The number of methoxy groups -OCH3 is 1. The van der Waals surface area contributed by atoms with Crippen molar-refractivity contribution in [2.75, 3.05) is 20.3 Å². The number of aliphatic carboxylic acids is 1. The summed E-state index contributed by atoms with van der Waals surface area (Å²) in [6, 6.07) is -0.867. The molecule has 0 saturated carbocycles. The number of hydrogen-bond acceptors (Lipinski definition) is 4. The summed E-state index contributed by atoms with van der Waals surface area (Å²) in [6.07, 6.45) is 0.671. The van der Waals surface area contributed by atoms with Crippen LogP contribution in [0.1, 0.15) is 13.3 Å². The predicted molar refractivity (Wildman–Crippen MR) is 50.2 cm³/mol. The Bertz CT molecular complexity index is 257. The van der Waals surface area contributed by atoms with Crippen molar-refractivity contribution < 1.29 is 24.2 Å². The first-order chi connectivity index (χ1) is 7.08. The number of carbonyl (C=O) groups is 2. The highest BCUT2D eigenvalue weighted by Crippen LogP contribution is 2.30. The first kappa shape index (κ1) is 11.9. The number of carboxylic acid groups (broad SMARTS) is 1. The zero-order valence-corrected chi connectivity index (χ0v) is 8.80. The summed E-state index contributed by atoms with van der Waals surface area (Å²) in [4.78, 5) is 22.7. The molecule has 0 aliphatic carbocycles. The highest BCUT2D eigenvalue weighted by atomic mass is 16.7. The van der Waals surface area contributed by atoms with Crippen LogP contribution in [0.15, 0.2) is 0 Å². The number of likely N-dealkylation sites (tertiary alicyclic amines) is 1. The van der Waals surface area contributed by atoms with Crippen LogP contribution in [-0.2, 0) is 19.1 Å². The van der Waals surface area contributed by atoms with Gasteiger partial charge in [0.25, 0.3) is 0 Å². The van der Waals surface area contributed by atoms with Crippen molar-refractivity contribution in [1.29, 1.82) is 0 Å². The van der Waals surface area contributed by atoms with Crippen LogP contribution in [0.2, 0.25) is 0 Å². The largest absolute Gasteiger partial charge is 0.480 e. The Hall–Kier alpha value is -1.14. The van der Waals surface area contributed by atoms with Gasteiger partial charge < -0.3 is 19.5 Å². The van der Waals surface area contributed by atoms with E-state index in [1.807, 2.05) is 0 Å². The van der Waals surface area contributed by atoms with Crippen molar-refractivity contribution in [3.05, 3.63) is 0 Å². The molecule has 1 N–H and O–H groups in total. The number of ether oxygens (including phenoxy) is 2. The fraction of sp³-hybridized carbons (Fsp3) is 0.778. The summed E-state index contributed by atoms with van der Waals surface area (Å²) in [5.41, 5.74) is 0. The molecule has 1 rings (SSSR count). The maximum atomic E-state index is 10.9. The number of amides is 1. The standard InChI is InChI=1S/C9H15NO5/c1-3-15-9(14-2)4-7(8(12)13)10(5-9)6-11/h6-7H,3-5H2,1-2H3,(H,12,13)/t7-,9?/m0/s1. The van der Waals surface area contributed by atoms with Crippen LogP contribution in [-0.4, -0.2) is 54.5 Å². The number of carboxylic acids is 1. The Morgan fingerprint density at radius 1 is 1.73 bits per heavy atom. The molecule has 6 nitrogen and oxygen atoms in total. The number of rotatable bonds is 5. The lowest BCUT2D eigenvalue weighted by atomic mass is 10.1. The van der Waals surface area contributed by atoms with Gasteiger partial charge in [0.05, 0.1) is 6.54 Å². The van der Waals surface area contributed by atoms with Crippen molar-refractivity contribution in [3.63, 3.8) is 0 Å². The number of carbonyl (C=O) groups excluding carboxylic acids is 1. The summed E-state index contributed by atoms with van der Waals surface area (Å²) in [5, 5.41) is 8.90. The smallest absolute Gasteiger partial charge is 0.326 e. The zero-order valence-electron chi connectivity index (χ0n) is 8.80. The Morgan fingerprint density at radius 3 is 2.73 bits per heavy atom. The lowest BCUT2D eigenvalue weighted by molar-refractivity contribution is -0.210. The van der Waals surface area contributed by atoms with Crippen LogP contribution in [0.25, 0.3) is 0 Å². The average Bonchev–Trinajstić information content (AvgIpc) is 2.58. The highest BCUT2D eigenvalue weighted by Gasteiger charge is 2.48. The first-order valence-corrected chi connectivity index (χ1v) is 4.71. The van der Waals surface area contributed by atoms with E-state index in [-0.39, 0.29) is 13.0 Å². The van der Waals surface area contributed by atoms with Gasteiger partial charge in [-0.3, -0.25) is 4.79 Å². The summed E-state index contributed by atoms with van der Waals surface area (Å²) < 4.78 is 10.5. The summed E-state index contributed by atoms with van der Waals surface area (Å²) in [5.74, 6) is -2.01. The second-order valence-electron chi connectivity index (χ2n) is 3.38. The fourth-order valence-electron chi connectivity index (χ4n) is 1.78. The molecular weight excluding hydrogens is 202 g/mol. The van der Waals surface area contributed by atoms with E-state index in [0.717, 1.165) is 0 Å². The third kappa shape index (κ3) is 2.27. The molecule has 0 bridgehead atoms. The Balaban J connectivity index is 2.81. The number of hydrogen-bond donors (Lipinski definition) is 1. The van der Waals surface area contributed by atoms with Crippen molar-refractivity contribution >= 4 is 12.4 Å².